The summed E-state index contributed by atoms with van der Waals surface area (Å²) in [5.74, 6) is 0.764. The minimum atomic E-state index is -4.11. The summed E-state index contributed by atoms with van der Waals surface area (Å²) in [5, 5.41) is 0. The van der Waals surface area contributed by atoms with Gasteiger partial charge in [0.25, 0.3) is 0 Å². The summed E-state index contributed by atoms with van der Waals surface area (Å²) in [6.45, 7) is 4.80. The van der Waals surface area contributed by atoms with E-state index in [1.165, 1.54) is 19.3 Å². The molecule has 0 saturated carbocycles. The quantitative estimate of drug-likeness (QED) is 0.157. The van der Waals surface area contributed by atoms with Crippen LogP contribution in [0.15, 0.2) is 129 Å². The predicted molar refractivity (Wildman–Crippen MR) is 155 cm³/mol. The number of rotatable bonds is 13. The molecule has 0 heterocycles. The highest BCUT2D eigenvalue weighted by Crippen LogP contribution is 2.70. The van der Waals surface area contributed by atoms with Crippen LogP contribution in [-0.2, 0) is 13.7 Å². The van der Waals surface area contributed by atoms with E-state index in [2.05, 4.69) is 6.92 Å². The Labute approximate surface area is 229 Å². The second kappa shape index (κ2) is 13.1. The largest absolute Gasteiger partial charge is 0.494 e. The van der Waals surface area contributed by atoms with Crippen LogP contribution in [-0.4, -0.2) is 15.0 Å². The van der Waals surface area contributed by atoms with Gasteiger partial charge in [0.1, 0.15) is 5.75 Å². The van der Waals surface area contributed by atoms with Crippen molar-refractivity contribution in [1.82, 2.24) is 0 Å². The molecule has 0 spiro atoms. The fourth-order valence-electron chi connectivity index (χ4n) is 4.25. The number of hydrogen-bond acceptors (Lipinski definition) is 4. The third kappa shape index (κ3) is 6.68. The molecular weight excluding hydrogens is 512 g/mol. The SMILES string of the molecule is CCCCCCCOc1ccc(S(OS(=O)(=O)c2ccc(C)cc2)(c2ccccc2)c2ccccc2)cc1. The second-order valence-electron chi connectivity index (χ2n) is 9.25. The summed E-state index contributed by atoms with van der Waals surface area (Å²) in [7, 11) is -6.75. The number of ether oxygens (including phenoxy) is 1. The van der Waals surface area contributed by atoms with Gasteiger partial charge in [-0.2, -0.15) is 8.42 Å². The lowest BCUT2D eigenvalue weighted by Crippen LogP contribution is -2.14. The van der Waals surface area contributed by atoms with Gasteiger partial charge >= 0.3 is 10.1 Å². The molecule has 0 bridgehead atoms. The molecular formula is C32H36O4S2. The zero-order chi connectivity index (χ0) is 26.8. The van der Waals surface area contributed by atoms with Crippen molar-refractivity contribution in [3.05, 3.63) is 115 Å². The Morgan fingerprint density at radius 3 is 1.63 bits per heavy atom. The fourth-order valence-corrected chi connectivity index (χ4v) is 9.47. The predicted octanol–water partition coefficient (Wildman–Crippen LogP) is 8.95. The van der Waals surface area contributed by atoms with Crippen molar-refractivity contribution < 1.29 is 16.8 Å². The lowest BCUT2D eigenvalue weighted by atomic mass is 10.2. The van der Waals surface area contributed by atoms with Crippen LogP contribution in [0.2, 0.25) is 0 Å². The lowest BCUT2D eigenvalue weighted by molar-refractivity contribution is 0.304. The summed E-state index contributed by atoms with van der Waals surface area (Å²) in [5.41, 5.74) is 0.981. The van der Waals surface area contributed by atoms with Gasteiger partial charge in [-0.1, -0.05) is 86.7 Å². The first-order valence-corrected chi connectivity index (χ1v) is 16.1. The fraction of sp³-hybridized carbons (Fsp3) is 0.250. The van der Waals surface area contributed by atoms with Gasteiger partial charge in [0, 0.05) is 14.7 Å². The van der Waals surface area contributed by atoms with Crippen LogP contribution in [0.1, 0.15) is 44.6 Å². The lowest BCUT2D eigenvalue weighted by Gasteiger charge is -2.39. The van der Waals surface area contributed by atoms with Crippen LogP contribution >= 0.6 is 10.3 Å². The molecule has 200 valence electrons. The zero-order valence-corrected chi connectivity index (χ0v) is 23.7. The van der Waals surface area contributed by atoms with Gasteiger partial charge in [0.15, 0.2) is 0 Å². The smallest absolute Gasteiger partial charge is 0.307 e. The van der Waals surface area contributed by atoms with Crippen LogP contribution in [0.25, 0.3) is 0 Å². The van der Waals surface area contributed by atoms with Gasteiger partial charge in [-0.05, 0) is 84.3 Å². The first-order valence-electron chi connectivity index (χ1n) is 13.1. The average molecular weight is 549 g/mol. The van der Waals surface area contributed by atoms with Gasteiger partial charge in [-0.25, -0.2) is 3.63 Å². The molecule has 4 nitrogen and oxygen atoms in total. The van der Waals surface area contributed by atoms with E-state index >= 15 is 0 Å². The molecule has 0 unspecified atom stereocenters. The van der Waals surface area contributed by atoms with Crippen LogP contribution in [0.4, 0.5) is 0 Å². The number of aryl methyl sites for hydroxylation is 1. The first kappa shape index (κ1) is 28.0. The Bertz CT molecular complexity index is 1330. The molecule has 6 heteroatoms. The first-order chi connectivity index (χ1) is 18.5. The Morgan fingerprint density at radius 2 is 1.08 bits per heavy atom. The van der Waals surface area contributed by atoms with Crippen LogP contribution in [0.5, 0.6) is 5.75 Å². The maximum atomic E-state index is 13.8. The van der Waals surface area contributed by atoms with E-state index in [9.17, 15) is 8.42 Å². The van der Waals surface area contributed by atoms with E-state index in [0.29, 0.717) is 6.61 Å². The molecule has 0 aliphatic rings. The van der Waals surface area contributed by atoms with Gasteiger partial charge in [0.05, 0.1) is 11.5 Å². The minimum Gasteiger partial charge on any atom is -0.494 e. The molecule has 0 fully saturated rings. The minimum absolute atomic E-state index is 0.134. The molecule has 0 aromatic heterocycles. The van der Waals surface area contributed by atoms with Gasteiger partial charge in [-0.3, -0.25) is 0 Å². The second-order valence-corrected chi connectivity index (χ2v) is 13.7. The summed E-state index contributed by atoms with van der Waals surface area (Å²) >= 11 is 0. The third-order valence-corrected chi connectivity index (χ3v) is 11.5. The van der Waals surface area contributed by atoms with Crippen molar-refractivity contribution in [2.24, 2.45) is 0 Å². The van der Waals surface area contributed by atoms with Crippen LogP contribution in [0.3, 0.4) is 0 Å². The molecule has 4 rings (SSSR count). The number of hydrogen-bond donors (Lipinski definition) is 0. The highest BCUT2D eigenvalue weighted by molar-refractivity contribution is 8.33. The van der Waals surface area contributed by atoms with E-state index < -0.39 is 20.4 Å². The van der Waals surface area contributed by atoms with Gasteiger partial charge < -0.3 is 4.74 Å². The van der Waals surface area contributed by atoms with Crippen LogP contribution in [0, 0.1) is 6.92 Å². The number of unbranched alkanes of at least 4 members (excludes halogenated alkanes) is 4. The standard InChI is InChI=1S/C32H36O4S2/c1-3-4-5-6-13-26-35-28-20-24-31(25-21-28)37(29-14-9-7-10-15-29,30-16-11-8-12-17-30)36-38(33,34)32-22-18-27(2)19-23-32/h7-12,14-25H,3-6,13,26H2,1-2H3. The normalized spacial score (nSPS) is 12.3. The Balaban J connectivity index is 1.75. The highest BCUT2D eigenvalue weighted by atomic mass is 32.3. The van der Waals surface area contributed by atoms with E-state index in [1.54, 1.807) is 24.3 Å². The van der Waals surface area contributed by atoms with Gasteiger partial charge in [0.2, 0.25) is 0 Å². The van der Waals surface area contributed by atoms with Crippen molar-refractivity contribution >= 4 is 20.4 Å². The molecule has 0 radical (unpaired) electrons. The molecule has 0 atom stereocenters. The van der Waals surface area contributed by atoms with Gasteiger partial charge in [-0.15, -0.1) is 0 Å². The number of benzene rings is 4. The Hall–Kier alpha value is -3.06. The third-order valence-electron chi connectivity index (χ3n) is 6.32. The van der Waals surface area contributed by atoms with Crippen molar-refractivity contribution in [3.63, 3.8) is 0 Å². The Morgan fingerprint density at radius 1 is 0.579 bits per heavy atom. The van der Waals surface area contributed by atoms with Crippen molar-refractivity contribution in [1.29, 1.82) is 0 Å². The van der Waals surface area contributed by atoms with Crippen molar-refractivity contribution in [2.45, 2.75) is 65.5 Å². The highest BCUT2D eigenvalue weighted by Gasteiger charge is 2.38. The average Bonchev–Trinajstić information content (AvgIpc) is 2.95. The van der Waals surface area contributed by atoms with E-state index in [1.807, 2.05) is 91.9 Å². The molecule has 0 aliphatic heterocycles. The summed E-state index contributed by atoms with van der Waals surface area (Å²) < 4.78 is 39.9. The Kier molecular flexibility index (Phi) is 9.67. The molecule has 4 aromatic carbocycles. The maximum Gasteiger partial charge on any atom is 0.307 e. The summed E-state index contributed by atoms with van der Waals surface area (Å²) in [6, 6.07) is 33.7. The van der Waals surface area contributed by atoms with E-state index in [0.717, 1.165) is 38.8 Å². The molecule has 38 heavy (non-hydrogen) atoms. The molecule has 0 aliphatic carbocycles. The molecule has 0 amide bonds. The van der Waals surface area contributed by atoms with Crippen molar-refractivity contribution in [3.8, 4) is 5.75 Å². The molecule has 4 aromatic rings. The summed E-state index contributed by atoms with van der Waals surface area (Å²) in [6.07, 6.45) is 5.88. The van der Waals surface area contributed by atoms with Crippen molar-refractivity contribution in [2.75, 3.05) is 6.61 Å². The van der Waals surface area contributed by atoms with E-state index in [-0.39, 0.29) is 4.90 Å². The van der Waals surface area contributed by atoms with Crippen LogP contribution < -0.4 is 4.74 Å². The monoisotopic (exact) mass is 548 g/mol. The topological polar surface area (TPSA) is 52.6 Å². The molecule has 0 saturated heterocycles. The van der Waals surface area contributed by atoms with E-state index in [4.69, 9.17) is 8.37 Å². The maximum absolute atomic E-state index is 13.8. The molecule has 0 N–H and O–H groups in total. The zero-order valence-electron chi connectivity index (χ0n) is 22.1. The summed E-state index contributed by atoms with van der Waals surface area (Å²) in [4.78, 5) is 2.51.